The van der Waals surface area contributed by atoms with Crippen molar-refractivity contribution in [3.63, 3.8) is 0 Å². The van der Waals surface area contributed by atoms with Crippen molar-refractivity contribution in [2.24, 2.45) is 0 Å². The van der Waals surface area contributed by atoms with E-state index in [0.717, 1.165) is 0 Å². The van der Waals surface area contributed by atoms with Crippen LogP contribution in [0.4, 0.5) is 0 Å². The van der Waals surface area contributed by atoms with Gasteiger partial charge < -0.3 is 4.98 Å². The van der Waals surface area contributed by atoms with E-state index in [9.17, 15) is 0 Å². The number of hydrogen-bond donors (Lipinski definition) is 1. The summed E-state index contributed by atoms with van der Waals surface area (Å²) in [6.45, 7) is 0. The molecule has 0 atom stereocenters. The molecular formula is C11H11N. The average Bonchev–Trinajstić information content (AvgIpc) is 2.71. The van der Waals surface area contributed by atoms with Crippen molar-refractivity contribution in [1.29, 1.82) is 0 Å². The summed E-state index contributed by atoms with van der Waals surface area (Å²) in [6, 6.07) is 6.65. The number of benzene rings is 1. The zero-order chi connectivity index (χ0) is 7.97. The molecule has 1 N–H and O–H groups in total. The largest absolute Gasteiger partial charge is 0.361 e. The molecule has 0 spiro atoms. The van der Waals surface area contributed by atoms with Gasteiger partial charge in [0.15, 0.2) is 0 Å². The number of aromatic amines is 1. The molecule has 3 rings (SSSR count). The standard InChI is InChI=1S/C11H11N/c1-2-8-4-5-11-10(6-7-12-11)9(8)3-1/h4-7,12H,1-3H2. The number of nitrogens with one attached hydrogen (secondary N) is 1. The Morgan fingerprint density at radius 1 is 1.08 bits per heavy atom. The summed E-state index contributed by atoms with van der Waals surface area (Å²) in [6.07, 6.45) is 5.91. The Bertz CT molecular complexity index is 425. The predicted octanol–water partition coefficient (Wildman–Crippen LogP) is 2.66. The Balaban J connectivity index is 2.46. The highest BCUT2D eigenvalue weighted by Gasteiger charge is 2.13. The molecule has 0 unspecified atom stereocenters. The molecule has 1 heteroatoms. The van der Waals surface area contributed by atoms with Crippen LogP contribution in [0.2, 0.25) is 0 Å². The second-order valence-electron chi connectivity index (χ2n) is 3.50. The zero-order valence-corrected chi connectivity index (χ0v) is 6.93. The summed E-state index contributed by atoms with van der Waals surface area (Å²) in [5.41, 5.74) is 4.42. The molecule has 0 bridgehead atoms. The lowest BCUT2D eigenvalue weighted by atomic mass is 10.1. The Hall–Kier alpha value is -1.24. The van der Waals surface area contributed by atoms with E-state index in [1.165, 1.54) is 30.2 Å². The molecule has 0 saturated heterocycles. The first-order valence-electron chi connectivity index (χ1n) is 4.53. The minimum absolute atomic E-state index is 1.27. The van der Waals surface area contributed by atoms with Gasteiger partial charge in [-0.15, -0.1) is 0 Å². The van der Waals surface area contributed by atoms with Crippen LogP contribution in [0.25, 0.3) is 10.9 Å². The average molecular weight is 157 g/mol. The van der Waals surface area contributed by atoms with Gasteiger partial charge in [-0.2, -0.15) is 0 Å². The van der Waals surface area contributed by atoms with Crippen molar-refractivity contribution in [3.8, 4) is 0 Å². The van der Waals surface area contributed by atoms with Crippen LogP contribution < -0.4 is 0 Å². The molecule has 0 fully saturated rings. The van der Waals surface area contributed by atoms with Crippen LogP contribution in [0.5, 0.6) is 0 Å². The third-order valence-corrected chi connectivity index (χ3v) is 2.82. The maximum Gasteiger partial charge on any atom is 0.0456 e. The fourth-order valence-electron chi connectivity index (χ4n) is 2.23. The van der Waals surface area contributed by atoms with E-state index >= 15 is 0 Å². The van der Waals surface area contributed by atoms with Crippen LogP contribution in [-0.4, -0.2) is 4.98 Å². The fraction of sp³-hybridized carbons (Fsp3) is 0.273. The molecule has 60 valence electrons. The lowest BCUT2D eigenvalue weighted by molar-refractivity contribution is 0.913. The fourth-order valence-corrected chi connectivity index (χ4v) is 2.23. The molecule has 0 saturated carbocycles. The summed E-state index contributed by atoms with van der Waals surface area (Å²) in [5.74, 6) is 0. The Morgan fingerprint density at radius 3 is 3.08 bits per heavy atom. The molecule has 1 aromatic heterocycles. The highest BCUT2D eigenvalue weighted by atomic mass is 14.7. The van der Waals surface area contributed by atoms with Gasteiger partial charge in [-0.3, -0.25) is 0 Å². The lowest BCUT2D eigenvalue weighted by Gasteiger charge is -1.99. The Labute approximate surface area is 71.4 Å². The van der Waals surface area contributed by atoms with Gasteiger partial charge in [-0.05, 0) is 42.5 Å². The summed E-state index contributed by atoms with van der Waals surface area (Å²) in [7, 11) is 0. The van der Waals surface area contributed by atoms with Crippen LogP contribution in [0.15, 0.2) is 24.4 Å². The van der Waals surface area contributed by atoms with Crippen molar-refractivity contribution in [2.75, 3.05) is 0 Å². The number of fused-ring (bicyclic) bond motifs is 3. The zero-order valence-electron chi connectivity index (χ0n) is 6.93. The van der Waals surface area contributed by atoms with Crippen molar-refractivity contribution < 1.29 is 0 Å². The van der Waals surface area contributed by atoms with Crippen molar-refractivity contribution in [2.45, 2.75) is 19.3 Å². The molecule has 1 nitrogen and oxygen atoms in total. The van der Waals surface area contributed by atoms with Crippen LogP contribution >= 0.6 is 0 Å². The van der Waals surface area contributed by atoms with E-state index in [4.69, 9.17) is 0 Å². The number of hydrogen-bond acceptors (Lipinski definition) is 0. The van der Waals surface area contributed by atoms with Gasteiger partial charge in [0.25, 0.3) is 0 Å². The van der Waals surface area contributed by atoms with Gasteiger partial charge in [0.2, 0.25) is 0 Å². The monoisotopic (exact) mass is 157 g/mol. The molecule has 1 aliphatic carbocycles. The molecular weight excluding hydrogens is 146 g/mol. The van der Waals surface area contributed by atoms with Crippen molar-refractivity contribution >= 4 is 10.9 Å². The normalized spacial score (nSPS) is 15.3. The maximum absolute atomic E-state index is 3.25. The number of aryl methyl sites for hydroxylation is 2. The van der Waals surface area contributed by atoms with Gasteiger partial charge in [-0.25, -0.2) is 0 Å². The third-order valence-electron chi connectivity index (χ3n) is 2.82. The SMILES string of the molecule is c1cc2c3c(ccc2[nH]1)CCC3. The first-order valence-corrected chi connectivity index (χ1v) is 4.53. The van der Waals surface area contributed by atoms with Gasteiger partial charge >= 0.3 is 0 Å². The minimum Gasteiger partial charge on any atom is -0.361 e. The first-order chi connectivity index (χ1) is 5.95. The lowest BCUT2D eigenvalue weighted by Crippen LogP contribution is -1.81. The van der Waals surface area contributed by atoms with Gasteiger partial charge in [0.05, 0.1) is 0 Å². The summed E-state index contributed by atoms with van der Waals surface area (Å²) >= 11 is 0. The minimum atomic E-state index is 1.27. The van der Waals surface area contributed by atoms with E-state index in [2.05, 4.69) is 23.2 Å². The molecule has 1 heterocycles. The Kier molecular flexibility index (Phi) is 1.12. The number of H-pyrrole nitrogens is 1. The topological polar surface area (TPSA) is 15.8 Å². The van der Waals surface area contributed by atoms with Crippen molar-refractivity contribution in [3.05, 3.63) is 35.5 Å². The molecule has 0 amide bonds. The highest BCUT2D eigenvalue weighted by Crippen LogP contribution is 2.28. The summed E-state index contributed by atoms with van der Waals surface area (Å²) in [4.78, 5) is 3.25. The van der Waals surface area contributed by atoms with Gasteiger partial charge in [0, 0.05) is 17.1 Å². The third kappa shape index (κ3) is 0.685. The molecule has 2 aromatic rings. The smallest absolute Gasteiger partial charge is 0.0456 e. The second kappa shape index (κ2) is 2.13. The molecule has 1 aliphatic rings. The molecule has 0 radical (unpaired) electrons. The van der Waals surface area contributed by atoms with Crippen LogP contribution in [0, 0.1) is 0 Å². The Morgan fingerprint density at radius 2 is 2.08 bits per heavy atom. The summed E-state index contributed by atoms with van der Waals surface area (Å²) < 4.78 is 0. The van der Waals surface area contributed by atoms with E-state index in [1.54, 1.807) is 11.1 Å². The predicted molar refractivity (Wildman–Crippen MR) is 50.3 cm³/mol. The highest BCUT2D eigenvalue weighted by molar-refractivity contribution is 5.84. The van der Waals surface area contributed by atoms with E-state index < -0.39 is 0 Å². The summed E-state index contributed by atoms with van der Waals surface area (Å²) in [5, 5.41) is 1.44. The molecule has 1 aromatic carbocycles. The number of rotatable bonds is 0. The van der Waals surface area contributed by atoms with E-state index in [1.807, 2.05) is 6.20 Å². The van der Waals surface area contributed by atoms with Gasteiger partial charge in [0.1, 0.15) is 0 Å². The van der Waals surface area contributed by atoms with Crippen molar-refractivity contribution in [1.82, 2.24) is 4.98 Å². The second-order valence-corrected chi connectivity index (χ2v) is 3.50. The van der Waals surface area contributed by atoms with Crippen LogP contribution in [0.1, 0.15) is 17.5 Å². The quantitative estimate of drug-likeness (QED) is 0.605. The van der Waals surface area contributed by atoms with Gasteiger partial charge in [-0.1, -0.05) is 6.07 Å². The molecule has 12 heavy (non-hydrogen) atoms. The van der Waals surface area contributed by atoms with Crippen LogP contribution in [-0.2, 0) is 12.8 Å². The number of aromatic nitrogens is 1. The first kappa shape index (κ1) is 6.30. The van der Waals surface area contributed by atoms with E-state index in [-0.39, 0.29) is 0 Å². The van der Waals surface area contributed by atoms with Crippen LogP contribution in [0.3, 0.4) is 0 Å². The maximum atomic E-state index is 3.25. The molecule has 0 aliphatic heterocycles. The van der Waals surface area contributed by atoms with E-state index in [0.29, 0.717) is 0 Å².